The summed E-state index contributed by atoms with van der Waals surface area (Å²) in [6.07, 6.45) is 2.19. The van der Waals surface area contributed by atoms with Gasteiger partial charge < -0.3 is 30.2 Å². The average molecular weight is 791 g/mol. The summed E-state index contributed by atoms with van der Waals surface area (Å²) in [4.78, 5) is 57.7. The number of para-hydroxylation sites is 1. The Labute approximate surface area is 334 Å². The van der Waals surface area contributed by atoms with Crippen LogP contribution < -0.4 is 25.4 Å². The first-order chi connectivity index (χ1) is 27.2. The number of esters is 1. The van der Waals surface area contributed by atoms with Crippen molar-refractivity contribution >= 4 is 63.6 Å². The smallest absolute Gasteiger partial charge is 0.341 e. The molecule has 2 heterocycles. The second kappa shape index (κ2) is 18.6. The topological polar surface area (TPSA) is 135 Å². The predicted molar refractivity (Wildman–Crippen MR) is 220 cm³/mol. The Hall–Kier alpha value is -5.89. The average Bonchev–Trinajstić information content (AvgIpc) is 3.57. The van der Waals surface area contributed by atoms with Crippen LogP contribution in [0.4, 0.5) is 10.7 Å². The van der Waals surface area contributed by atoms with Crippen molar-refractivity contribution in [3.8, 4) is 11.5 Å². The van der Waals surface area contributed by atoms with Gasteiger partial charge in [0.15, 0.2) is 11.5 Å². The van der Waals surface area contributed by atoms with E-state index in [1.807, 2.05) is 24.3 Å². The van der Waals surface area contributed by atoms with Crippen molar-refractivity contribution in [3.05, 3.63) is 142 Å². The van der Waals surface area contributed by atoms with Gasteiger partial charge >= 0.3 is 5.97 Å². The molecule has 11 nitrogen and oxygen atoms in total. The van der Waals surface area contributed by atoms with Gasteiger partial charge in [-0.15, -0.1) is 23.1 Å². The summed E-state index contributed by atoms with van der Waals surface area (Å²) in [5, 5.41) is 8.54. The monoisotopic (exact) mass is 790 g/mol. The predicted octanol–water partition coefficient (Wildman–Crippen LogP) is 7.64. The number of hydrogen-bond donors (Lipinski definition) is 3. The largest absolute Gasteiger partial charge is 0.493 e. The molecule has 0 bridgehead atoms. The molecule has 0 saturated heterocycles. The number of carbonyl (C=O) groups is 4. The van der Waals surface area contributed by atoms with Crippen molar-refractivity contribution in [1.29, 1.82) is 0 Å². The Morgan fingerprint density at radius 3 is 2.32 bits per heavy atom. The van der Waals surface area contributed by atoms with Crippen LogP contribution in [-0.2, 0) is 33.8 Å². The van der Waals surface area contributed by atoms with Gasteiger partial charge in [-0.3, -0.25) is 19.3 Å². The van der Waals surface area contributed by atoms with E-state index in [9.17, 15) is 19.2 Å². The maximum Gasteiger partial charge on any atom is 0.341 e. The van der Waals surface area contributed by atoms with Crippen molar-refractivity contribution < 1.29 is 33.4 Å². The van der Waals surface area contributed by atoms with E-state index < -0.39 is 23.0 Å². The molecule has 1 aliphatic heterocycles. The zero-order valence-electron chi connectivity index (χ0n) is 31.4. The molecule has 1 aliphatic rings. The van der Waals surface area contributed by atoms with Gasteiger partial charge in [0.1, 0.15) is 10.7 Å². The molecule has 4 aromatic carbocycles. The number of methoxy groups -OCH3 is 3. The number of benzene rings is 4. The number of nitrogens with zero attached hydrogens (tertiary/aromatic N) is 1. The van der Waals surface area contributed by atoms with Crippen LogP contribution in [0.3, 0.4) is 0 Å². The molecule has 0 fully saturated rings. The van der Waals surface area contributed by atoms with E-state index in [2.05, 4.69) is 33.0 Å². The summed E-state index contributed by atoms with van der Waals surface area (Å²) in [7, 11) is 4.35. The second-order valence-electron chi connectivity index (χ2n) is 12.8. The number of rotatable bonds is 14. The lowest BCUT2D eigenvalue weighted by Crippen LogP contribution is -2.30. The number of nitrogens with one attached hydrogen (secondary N) is 3. The normalized spacial score (nSPS) is 13.2. The lowest BCUT2D eigenvalue weighted by atomic mass is 10.0. The Balaban J connectivity index is 1.16. The van der Waals surface area contributed by atoms with Crippen LogP contribution in [-0.4, -0.2) is 61.7 Å². The van der Waals surface area contributed by atoms with E-state index in [-0.39, 0.29) is 11.6 Å². The first-order valence-electron chi connectivity index (χ1n) is 17.8. The molecule has 0 spiro atoms. The molecule has 1 unspecified atom stereocenters. The molecule has 1 aromatic heterocycles. The van der Waals surface area contributed by atoms with Crippen LogP contribution in [0.15, 0.2) is 114 Å². The van der Waals surface area contributed by atoms with Gasteiger partial charge in [-0.1, -0.05) is 66.7 Å². The van der Waals surface area contributed by atoms with E-state index >= 15 is 0 Å². The molecule has 1 atom stereocenters. The Morgan fingerprint density at radius 1 is 0.875 bits per heavy atom. The highest BCUT2D eigenvalue weighted by Crippen LogP contribution is 2.39. The highest BCUT2D eigenvalue weighted by molar-refractivity contribution is 8.00. The third kappa shape index (κ3) is 9.66. The van der Waals surface area contributed by atoms with Crippen LogP contribution >= 0.6 is 23.1 Å². The van der Waals surface area contributed by atoms with Crippen molar-refractivity contribution in [2.75, 3.05) is 38.5 Å². The quantitative estimate of drug-likeness (QED) is 0.0590. The lowest BCUT2D eigenvalue weighted by molar-refractivity contribution is -0.115. The molecule has 288 valence electrons. The Bertz CT molecular complexity index is 2240. The lowest BCUT2D eigenvalue weighted by Gasteiger charge is -2.27. The fourth-order valence-corrected chi connectivity index (χ4v) is 8.49. The van der Waals surface area contributed by atoms with Crippen molar-refractivity contribution in [2.45, 2.75) is 36.6 Å². The SMILES string of the molecule is COC(=O)c1c(NC(=O)C(C)Sc2cccc(NC(=O)/C(=C\c3cccc(OC)c3OC)NC(=O)c3ccccc3)c2)sc2c1CCN(Cc1ccccc1)C2. The first kappa shape index (κ1) is 39.8. The number of anilines is 2. The minimum Gasteiger partial charge on any atom is -0.493 e. The van der Waals surface area contributed by atoms with Crippen molar-refractivity contribution in [2.24, 2.45) is 0 Å². The van der Waals surface area contributed by atoms with Crippen LogP contribution in [0.1, 0.15) is 49.2 Å². The van der Waals surface area contributed by atoms with Gasteiger partial charge in [0.2, 0.25) is 5.91 Å². The summed E-state index contributed by atoms with van der Waals surface area (Å²) in [5.74, 6) is -0.946. The minimum atomic E-state index is -0.577. The van der Waals surface area contributed by atoms with E-state index in [4.69, 9.17) is 14.2 Å². The summed E-state index contributed by atoms with van der Waals surface area (Å²) >= 11 is 2.71. The number of thioether (sulfide) groups is 1. The molecular formula is C43H42N4O7S2. The van der Waals surface area contributed by atoms with Gasteiger partial charge in [0.05, 0.1) is 32.1 Å². The molecule has 56 heavy (non-hydrogen) atoms. The number of hydrogen-bond acceptors (Lipinski definition) is 10. The zero-order valence-corrected chi connectivity index (χ0v) is 33.1. The van der Waals surface area contributed by atoms with Crippen molar-refractivity contribution in [3.63, 3.8) is 0 Å². The standard InChI is InChI=1S/C43H42N4O7S2/c1-27(39(48)46-42-37(43(51)54-4)33-21-22-47(26-36(33)56-42)25-28-13-7-5-8-14-28)55-32-19-12-18-31(24-32)44-41(50)34(45-40(49)29-15-9-6-10-16-29)23-30-17-11-20-35(52-2)38(30)53-3/h5-20,23-24,27H,21-22,25-26H2,1-4H3,(H,44,50)(H,45,49)(H,46,48)/b34-23+. The molecule has 6 rings (SSSR count). The third-order valence-corrected chi connectivity index (χ3v) is 11.3. The van der Waals surface area contributed by atoms with Crippen LogP contribution in [0.5, 0.6) is 11.5 Å². The summed E-state index contributed by atoms with van der Waals surface area (Å²) < 4.78 is 16.1. The second-order valence-corrected chi connectivity index (χ2v) is 15.4. The zero-order chi connectivity index (χ0) is 39.6. The minimum absolute atomic E-state index is 0.0283. The van der Waals surface area contributed by atoms with Crippen LogP contribution in [0, 0.1) is 0 Å². The van der Waals surface area contributed by atoms with Gasteiger partial charge in [-0.25, -0.2) is 4.79 Å². The van der Waals surface area contributed by atoms with E-state index in [1.54, 1.807) is 73.7 Å². The number of fused-ring (bicyclic) bond motifs is 1. The Kier molecular flexibility index (Phi) is 13.2. The molecule has 3 amide bonds. The molecule has 0 aliphatic carbocycles. The summed E-state index contributed by atoms with van der Waals surface area (Å²) in [6.45, 7) is 4.01. The van der Waals surface area contributed by atoms with Gasteiger partial charge in [-0.05, 0) is 66.9 Å². The molecule has 0 radical (unpaired) electrons. The highest BCUT2D eigenvalue weighted by Gasteiger charge is 2.30. The van der Waals surface area contributed by atoms with Crippen LogP contribution in [0.25, 0.3) is 6.08 Å². The first-order valence-corrected chi connectivity index (χ1v) is 19.5. The maximum absolute atomic E-state index is 13.8. The fourth-order valence-electron chi connectivity index (χ4n) is 6.28. The fraction of sp³-hybridized carbons (Fsp3) is 0.209. The highest BCUT2D eigenvalue weighted by atomic mass is 32.2. The summed E-state index contributed by atoms with van der Waals surface area (Å²) in [5.41, 5.74) is 3.86. The van der Waals surface area contributed by atoms with E-state index in [1.165, 1.54) is 56.1 Å². The van der Waals surface area contributed by atoms with Gasteiger partial charge in [0, 0.05) is 46.2 Å². The third-order valence-electron chi connectivity index (χ3n) is 9.05. The molecule has 0 saturated carbocycles. The molecule has 13 heteroatoms. The number of carbonyl (C=O) groups excluding carboxylic acids is 4. The maximum atomic E-state index is 13.8. The molecule has 5 aromatic rings. The van der Waals surface area contributed by atoms with E-state index in [0.717, 1.165) is 23.5 Å². The van der Waals surface area contributed by atoms with Crippen LogP contribution in [0.2, 0.25) is 0 Å². The molecular weight excluding hydrogens is 749 g/mol. The van der Waals surface area contributed by atoms with Crippen molar-refractivity contribution in [1.82, 2.24) is 10.2 Å². The number of thiophene rings is 1. The Morgan fingerprint density at radius 2 is 1.61 bits per heavy atom. The van der Waals surface area contributed by atoms with Gasteiger partial charge in [-0.2, -0.15) is 0 Å². The van der Waals surface area contributed by atoms with E-state index in [0.29, 0.717) is 56.7 Å². The number of ether oxygens (including phenoxy) is 3. The summed E-state index contributed by atoms with van der Waals surface area (Å²) in [6, 6.07) is 31.1. The molecule has 3 N–H and O–H groups in total. The van der Waals surface area contributed by atoms with Gasteiger partial charge in [0.25, 0.3) is 11.8 Å². The number of amides is 3.